The fraction of sp³-hybridized carbons (Fsp3) is 0.259. The molecule has 0 bridgehead atoms. The average Bonchev–Trinajstić information content (AvgIpc) is 3.06. The zero-order valence-corrected chi connectivity index (χ0v) is 18.4. The summed E-state index contributed by atoms with van der Waals surface area (Å²) in [6.45, 7) is 1.56. The minimum Gasteiger partial charge on any atom is -0.497 e. The van der Waals surface area contributed by atoms with Gasteiger partial charge in [0.25, 0.3) is 0 Å². The van der Waals surface area contributed by atoms with Crippen LogP contribution in [0.25, 0.3) is 11.1 Å². The molecule has 0 radical (unpaired) electrons. The van der Waals surface area contributed by atoms with Crippen LogP contribution in [0, 0.1) is 0 Å². The molecule has 4 rings (SSSR count). The van der Waals surface area contributed by atoms with Gasteiger partial charge < -0.3 is 15.2 Å². The Morgan fingerprint density at radius 1 is 0.906 bits per heavy atom. The van der Waals surface area contributed by atoms with Crippen LogP contribution in [0.15, 0.2) is 66.7 Å². The fourth-order valence-corrected chi connectivity index (χ4v) is 4.70. The molecule has 3 aromatic carbocycles. The van der Waals surface area contributed by atoms with E-state index in [0.29, 0.717) is 12.8 Å². The first-order valence-electron chi connectivity index (χ1n) is 10.8. The van der Waals surface area contributed by atoms with E-state index >= 15 is 0 Å². The highest BCUT2D eigenvalue weighted by Crippen LogP contribution is 2.50. The van der Waals surface area contributed by atoms with E-state index in [1.807, 2.05) is 36.4 Å². The van der Waals surface area contributed by atoms with E-state index in [9.17, 15) is 9.59 Å². The first-order chi connectivity index (χ1) is 15.4. The molecule has 0 fully saturated rings. The van der Waals surface area contributed by atoms with Crippen LogP contribution < -0.4 is 10.1 Å². The van der Waals surface area contributed by atoms with Gasteiger partial charge in [-0.3, -0.25) is 9.59 Å². The second-order valence-electron chi connectivity index (χ2n) is 8.25. The lowest BCUT2D eigenvalue weighted by Crippen LogP contribution is -2.45. The highest BCUT2D eigenvalue weighted by atomic mass is 16.5. The number of carbonyl (C=O) groups excluding carboxylic acids is 1. The number of carbonyl (C=O) groups is 2. The molecule has 0 aliphatic heterocycles. The maximum Gasteiger partial charge on any atom is 0.303 e. The van der Waals surface area contributed by atoms with E-state index < -0.39 is 11.5 Å². The maximum absolute atomic E-state index is 12.3. The first-order valence-corrected chi connectivity index (χ1v) is 10.8. The molecule has 1 aliphatic rings. The van der Waals surface area contributed by atoms with Crippen LogP contribution in [0.3, 0.4) is 0 Å². The van der Waals surface area contributed by atoms with E-state index in [1.54, 1.807) is 14.0 Å². The molecule has 5 heteroatoms. The van der Waals surface area contributed by atoms with Gasteiger partial charge in [-0.05, 0) is 64.8 Å². The van der Waals surface area contributed by atoms with Gasteiger partial charge in [0, 0.05) is 13.3 Å². The molecular weight excluding hydrogens is 402 g/mol. The number of aryl methyl sites for hydroxylation is 2. The van der Waals surface area contributed by atoms with Crippen molar-refractivity contribution in [2.75, 3.05) is 7.11 Å². The Morgan fingerprint density at radius 3 is 2.22 bits per heavy atom. The number of carboxylic acid groups (broad SMARTS) is 1. The smallest absolute Gasteiger partial charge is 0.303 e. The fourth-order valence-electron chi connectivity index (χ4n) is 4.70. The summed E-state index contributed by atoms with van der Waals surface area (Å²) >= 11 is 0. The molecular formula is C27H27NO4. The Kier molecular flexibility index (Phi) is 5.99. The third-order valence-electron chi connectivity index (χ3n) is 6.19. The lowest BCUT2D eigenvalue weighted by atomic mass is 9.81. The Hall–Kier alpha value is -3.60. The number of benzene rings is 3. The van der Waals surface area contributed by atoms with Gasteiger partial charge >= 0.3 is 5.97 Å². The first kappa shape index (κ1) is 21.6. The summed E-state index contributed by atoms with van der Waals surface area (Å²) in [7, 11) is 1.66. The predicted octanol–water partition coefficient (Wildman–Crippen LogP) is 4.71. The number of methoxy groups -OCH3 is 1. The van der Waals surface area contributed by atoms with Crippen molar-refractivity contribution in [1.82, 2.24) is 5.32 Å². The largest absolute Gasteiger partial charge is 0.497 e. The molecule has 3 aromatic rings. The van der Waals surface area contributed by atoms with Crippen LogP contribution in [-0.4, -0.2) is 24.1 Å². The molecule has 1 amide bonds. The van der Waals surface area contributed by atoms with Gasteiger partial charge in [0.05, 0.1) is 12.6 Å². The normalized spacial score (nSPS) is 16.2. The van der Waals surface area contributed by atoms with Crippen molar-refractivity contribution in [2.45, 2.75) is 38.1 Å². The quantitative estimate of drug-likeness (QED) is 0.544. The highest BCUT2D eigenvalue weighted by molar-refractivity contribution is 5.85. The van der Waals surface area contributed by atoms with Gasteiger partial charge in [-0.15, -0.1) is 0 Å². The van der Waals surface area contributed by atoms with Gasteiger partial charge in [0.15, 0.2) is 0 Å². The van der Waals surface area contributed by atoms with Gasteiger partial charge in [-0.1, -0.05) is 54.6 Å². The van der Waals surface area contributed by atoms with Gasteiger partial charge in [-0.2, -0.15) is 0 Å². The summed E-state index contributed by atoms with van der Waals surface area (Å²) in [5.74, 6) is -0.0804. The Morgan fingerprint density at radius 2 is 1.56 bits per heavy atom. The zero-order valence-electron chi connectivity index (χ0n) is 18.4. The summed E-state index contributed by atoms with van der Waals surface area (Å²) in [5, 5.41) is 12.2. The number of aliphatic carboxylic acids is 1. The van der Waals surface area contributed by atoms with Gasteiger partial charge in [0.2, 0.25) is 5.91 Å². The number of amides is 1. The molecule has 32 heavy (non-hydrogen) atoms. The highest BCUT2D eigenvalue weighted by Gasteiger charge is 2.43. The number of carboxylic acids is 1. The lowest BCUT2D eigenvalue weighted by Gasteiger charge is -2.33. The molecule has 0 aromatic heterocycles. The SMILES string of the molecule is COc1ccc2c(c1)-c1ccccc1C2(CCc1ccc(CCC(=O)O)cc1)NC(C)=O. The topological polar surface area (TPSA) is 75.6 Å². The Bertz CT molecular complexity index is 1150. The number of hydrogen-bond donors (Lipinski definition) is 2. The second kappa shape index (κ2) is 8.87. The zero-order chi connectivity index (χ0) is 22.7. The van der Waals surface area contributed by atoms with Crippen molar-refractivity contribution < 1.29 is 19.4 Å². The molecule has 0 saturated heterocycles. The van der Waals surface area contributed by atoms with Crippen molar-refractivity contribution in [3.63, 3.8) is 0 Å². The van der Waals surface area contributed by atoms with Crippen LogP contribution in [0.4, 0.5) is 0 Å². The molecule has 1 unspecified atom stereocenters. The number of fused-ring (bicyclic) bond motifs is 3. The van der Waals surface area contributed by atoms with Crippen molar-refractivity contribution in [2.24, 2.45) is 0 Å². The van der Waals surface area contributed by atoms with E-state index in [2.05, 4.69) is 35.6 Å². The van der Waals surface area contributed by atoms with Crippen LogP contribution >= 0.6 is 0 Å². The van der Waals surface area contributed by atoms with Crippen LogP contribution in [-0.2, 0) is 28.0 Å². The maximum atomic E-state index is 12.3. The number of hydrogen-bond acceptors (Lipinski definition) is 3. The van der Waals surface area contributed by atoms with Crippen LogP contribution in [0.5, 0.6) is 5.75 Å². The van der Waals surface area contributed by atoms with E-state index in [0.717, 1.165) is 45.6 Å². The number of ether oxygens (including phenoxy) is 1. The van der Waals surface area contributed by atoms with E-state index in [-0.39, 0.29) is 12.3 Å². The Labute approximate surface area is 188 Å². The molecule has 0 saturated carbocycles. The van der Waals surface area contributed by atoms with Gasteiger partial charge in [-0.25, -0.2) is 0 Å². The van der Waals surface area contributed by atoms with E-state index in [4.69, 9.17) is 9.84 Å². The third-order valence-corrected chi connectivity index (χ3v) is 6.19. The van der Waals surface area contributed by atoms with Crippen LogP contribution in [0.1, 0.15) is 42.0 Å². The number of rotatable bonds is 8. The van der Waals surface area contributed by atoms with Crippen molar-refractivity contribution >= 4 is 11.9 Å². The average molecular weight is 430 g/mol. The number of nitrogens with one attached hydrogen (secondary N) is 1. The minimum atomic E-state index is -0.790. The summed E-state index contributed by atoms with van der Waals surface area (Å²) in [4.78, 5) is 23.2. The molecule has 0 heterocycles. The van der Waals surface area contributed by atoms with Crippen LogP contribution in [0.2, 0.25) is 0 Å². The standard InChI is InChI=1S/C27H27NO4/c1-18(29)28-27(16-15-20-9-7-19(8-10-20)11-14-26(30)31)24-6-4-3-5-22(24)23-17-21(32-2)12-13-25(23)27/h3-10,12-13,17H,11,14-16H2,1-2H3,(H,28,29)(H,30,31). The molecule has 1 atom stereocenters. The third kappa shape index (κ3) is 4.11. The summed E-state index contributed by atoms with van der Waals surface area (Å²) in [6.07, 6.45) is 2.12. The van der Waals surface area contributed by atoms with Crippen molar-refractivity contribution in [3.05, 3.63) is 89.0 Å². The minimum absolute atomic E-state index is 0.0764. The molecule has 5 nitrogen and oxygen atoms in total. The van der Waals surface area contributed by atoms with Crippen molar-refractivity contribution in [1.29, 1.82) is 0 Å². The molecule has 2 N–H and O–H groups in total. The summed E-state index contributed by atoms with van der Waals surface area (Å²) in [5.41, 5.74) is 5.90. The Balaban J connectivity index is 1.68. The molecule has 1 aliphatic carbocycles. The summed E-state index contributed by atoms with van der Waals surface area (Å²) in [6, 6.07) is 22.3. The van der Waals surface area contributed by atoms with Crippen molar-refractivity contribution in [3.8, 4) is 16.9 Å². The lowest BCUT2D eigenvalue weighted by molar-refractivity contribution is -0.137. The summed E-state index contributed by atoms with van der Waals surface area (Å²) < 4.78 is 5.45. The monoisotopic (exact) mass is 429 g/mol. The molecule has 0 spiro atoms. The van der Waals surface area contributed by atoms with Gasteiger partial charge in [0.1, 0.15) is 5.75 Å². The predicted molar refractivity (Wildman–Crippen MR) is 124 cm³/mol. The molecule has 164 valence electrons. The van der Waals surface area contributed by atoms with E-state index in [1.165, 1.54) is 0 Å². The second-order valence-corrected chi connectivity index (χ2v) is 8.25.